The summed E-state index contributed by atoms with van der Waals surface area (Å²) >= 11 is 0. The molecule has 1 saturated carbocycles. The Kier molecular flexibility index (Phi) is 7.02. The van der Waals surface area contributed by atoms with Crippen LogP contribution in [0, 0.1) is 30.1 Å². The van der Waals surface area contributed by atoms with Crippen molar-refractivity contribution in [2.45, 2.75) is 90.6 Å². The topological polar surface area (TPSA) is 60.9 Å². The molecule has 3 fully saturated rings. The summed E-state index contributed by atoms with van der Waals surface area (Å²) in [5.74, 6) is 1.92. The van der Waals surface area contributed by atoms with Crippen molar-refractivity contribution in [2.24, 2.45) is 23.2 Å². The molecule has 3 unspecified atom stereocenters. The largest absolute Gasteiger partial charge is 0.379 e. The zero-order chi connectivity index (χ0) is 23.9. The number of amides is 1. The van der Waals surface area contributed by atoms with Crippen molar-refractivity contribution in [3.8, 4) is 0 Å². The van der Waals surface area contributed by atoms with Gasteiger partial charge < -0.3 is 19.1 Å². The summed E-state index contributed by atoms with van der Waals surface area (Å²) in [6, 6.07) is 2.21. The molecule has 1 aromatic heterocycles. The van der Waals surface area contributed by atoms with Gasteiger partial charge in [0.1, 0.15) is 0 Å². The molecule has 6 nitrogen and oxygen atoms in total. The van der Waals surface area contributed by atoms with E-state index in [2.05, 4.69) is 36.7 Å². The average Bonchev–Trinajstić information content (AvgIpc) is 3.31. The summed E-state index contributed by atoms with van der Waals surface area (Å²) in [7, 11) is 1.80. The lowest BCUT2D eigenvalue weighted by atomic mass is 9.76. The minimum absolute atomic E-state index is 0.0478. The maximum Gasteiger partial charge on any atom is 0.231 e. The second kappa shape index (κ2) is 9.87. The molecule has 1 aliphatic carbocycles. The van der Waals surface area contributed by atoms with Gasteiger partial charge in [0.25, 0.3) is 0 Å². The molecule has 0 N–H and O–H groups in total. The van der Waals surface area contributed by atoms with Crippen LogP contribution >= 0.6 is 0 Å². The quantitative estimate of drug-likeness (QED) is 0.620. The van der Waals surface area contributed by atoms with Gasteiger partial charge >= 0.3 is 0 Å². The average molecular weight is 471 g/mol. The fourth-order valence-electron chi connectivity index (χ4n) is 7.25. The molecule has 0 aromatic carbocycles. The Morgan fingerprint density at radius 3 is 3.00 bits per heavy atom. The third-order valence-corrected chi connectivity index (χ3v) is 8.77. The summed E-state index contributed by atoms with van der Waals surface area (Å²) in [6.07, 6.45) is 9.23. The molecular weight excluding hydrogens is 428 g/mol. The van der Waals surface area contributed by atoms with Crippen molar-refractivity contribution in [2.75, 3.05) is 26.9 Å². The number of aromatic nitrogens is 1. The molecular formula is C28H42N2O4. The van der Waals surface area contributed by atoms with E-state index in [-0.39, 0.29) is 23.7 Å². The third-order valence-electron chi connectivity index (χ3n) is 8.77. The van der Waals surface area contributed by atoms with E-state index in [1.54, 1.807) is 7.11 Å². The van der Waals surface area contributed by atoms with Crippen LogP contribution in [-0.4, -0.2) is 61.0 Å². The van der Waals surface area contributed by atoms with Gasteiger partial charge in [-0.15, -0.1) is 0 Å². The Morgan fingerprint density at radius 2 is 2.21 bits per heavy atom. The molecule has 0 radical (unpaired) electrons. The SMILES string of the molecule is COC1COCCC1C[C@@H]1C[C@H]2OC(CC(C)C)C[C@@]2(C(=O)N2CCc3ncc(C)cc3C2)C1. The van der Waals surface area contributed by atoms with Crippen LogP contribution in [0.2, 0.25) is 0 Å². The van der Waals surface area contributed by atoms with E-state index in [0.29, 0.717) is 36.8 Å². The summed E-state index contributed by atoms with van der Waals surface area (Å²) in [4.78, 5) is 21.0. The number of ether oxygens (including phenoxy) is 3. The van der Waals surface area contributed by atoms with Gasteiger partial charge in [-0.2, -0.15) is 0 Å². The fraction of sp³-hybridized carbons (Fsp3) is 0.786. The van der Waals surface area contributed by atoms with Crippen LogP contribution in [-0.2, 0) is 32.0 Å². The first-order chi connectivity index (χ1) is 16.4. The summed E-state index contributed by atoms with van der Waals surface area (Å²) in [5.41, 5.74) is 3.16. The Morgan fingerprint density at radius 1 is 1.35 bits per heavy atom. The van der Waals surface area contributed by atoms with Crippen molar-refractivity contribution in [3.63, 3.8) is 0 Å². The van der Waals surface area contributed by atoms with Crippen LogP contribution in [0.3, 0.4) is 0 Å². The van der Waals surface area contributed by atoms with Crippen molar-refractivity contribution >= 4 is 5.91 Å². The number of methoxy groups -OCH3 is 1. The molecule has 0 spiro atoms. The first-order valence-electron chi connectivity index (χ1n) is 13.4. The second-order valence-electron chi connectivity index (χ2n) is 11.8. The highest BCUT2D eigenvalue weighted by Gasteiger charge is 2.60. The van der Waals surface area contributed by atoms with E-state index >= 15 is 0 Å². The van der Waals surface area contributed by atoms with Gasteiger partial charge in [-0.05, 0) is 74.3 Å². The number of hydrogen-bond acceptors (Lipinski definition) is 5. The lowest BCUT2D eigenvalue weighted by Crippen LogP contribution is -2.48. The van der Waals surface area contributed by atoms with Gasteiger partial charge in [0.2, 0.25) is 5.91 Å². The molecule has 1 aromatic rings. The molecule has 188 valence electrons. The normalized spacial score (nSPS) is 35.4. The lowest BCUT2D eigenvalue weighted by molar-refractivity contribution is -0.145. The predicted octanol–water partition coefficient (Wildman–Crippen LogP) is 4.32. The van der Waals surface area contributed by atoms with Crippen molar-refractivity contribution in [1.82, 2.24) is 9.88 Å². The highest BCUT2D eigenvalue weighted by Crippen LogP contribution is 2.56. The smallest absolute Gasteiger partial charge is 0.231 e. The summed E-state index contributed by atoms with van der Waals surface area (Å²) in [5, 5.41) is 0. The molecule has 6 heteroatoms. The summed E-state index contributed by atoms with van der Waals surface area (Å²) < 4.78 is 18.1. The summed E-state index contributed by atoms with van der Waals surface area (Å²) in [6.45, 7) is 9.54. The zero-order valence-corrected chi connectivity index (χ0v) is 21.4. The maximum absolute atomic E-state index is 14.3. The first kappa shape index (κ1) is 24.2. The van der Waals surface area contributed by atoms with Gasteiger partial charge in [-0.1, -0.05) is 19.9 Å². The highest BCUT2D eigenvalue weighted by molar-refractivity contribution is 5.84. The van der Waals surface area contributed by atoms with E-state index in [1.807, 2.05) is 6.20 Å². The number of pyridine rings is 1. The molecule has 34 heavy (non-hydrogen) atoms. The molecule has 6 atom stereocenters. The minimum Gasteiger partial charge on any atom is -0.379 e. The van der Waals surface area contributed by atoms with Crippen LogP contribution in [0.5, 0.6) is 0 Å². The van der Waals surface area contributed by atoms with E-state index in [4.69, 9.17) is 14.2 Å². The van der Waals surface area contributed by atoms with E-state index in [0.717, 1.165) is 69.4 Å². The van der Waals surface area contributed by atoms with Crippen molar-refractivity contribution in [1.29, 1.82) is 0 Å². The standard InChI is InChI=1S/C28H42N2O4/c1-18(2)9-23-14-28(27(31)30-7-5-24-22(16-30)10-19(3)15-29-24)13-20(12-26(28)34-23)11-21-6-8-33-17-25(21)32-4/h10,15,18,20-21,23,25-26H,5-9,11-14,16-17H2,1-4H3/t20-,21?,23?,25?,26-,28+/m1/s1. The predicted molar refractivity (Wildman–Crippen MR) is 130 cm³/mol. The number of carbonyl (C=O) groups excluding carboxylic acids is 1. The third kappa shape index (κ3) is 4.66. The van der Waals surface area contributed by atoms with Crippen LogP contribution in [0.15, 0.2) is 12.3 Å². The van der Waals surface area contributed by atoms with Crippen LogP contribution in [0.25, 0.3) is 0 Å². The zero-order valence-electron chi connectivity index (χ0n) is 21.4. The second-order valence-corrected chi connectivity index (χ2v) is 11.8. The van der Waals surface area contributed by atoms with E-state index in [9.17, 15) is 4.79 Å². The van der Waals surface area contributed by atoms with Crippen molar-refractivity contribution < 1.29 is 19.0 Å². The molecule has 1 amide bonds. The molecule has 3 aliphatic heterocycles. The number of nitrogens with zero attached hydrogens (tertiary/aromatic N) is 2. The fourth-order valence-corrected chi connectivity index (χ4v) is 7.25. The van der Waals surface area contributed by atoms with Crippen LogP contribution < -0.4 is 0 Å². The monoisotopic (exact) mass is 470 g/mol. The number of rotatable bonds is 6. The van der Waals surface area contributed by atoms with Crippen LogP contribution in [0.1, 0.15) is 69.2 Å². The Labute approximate surface area is 204 Å². The molecule has 4 aliphatic rings. The highest BCUT2D eigenvalue weighted by atomic mass is 16.5. The molecule has 4 heterocycles. The Balaban J connectivity index is 1.34. The molecule has 2 saturated heterocycles. The Hall–Kier alpha value is -1.50. The van der Waals surface area contributed by atoms with Crippen LogP contribution in [0.4, 0.5) is 0 Å². The van der Waals surface area contributed by atoms with Gasteiger partial charge in [0, 0.05) is 45.1 Å². The van der Waals surface area contributed by atoms with Crippen molar-refractivity contribution in [3.05, 3.63) is 29.1 Å². The first-order valence-corrected chi connectivity index (χ1v) is 13.4. The van der Waals surface area contributed by atoms with Gasteiger partial charge in [0.15, 0.2) is 0 Å². The minimum atomic E-state index is -0.368. The lowest BCUT2D eigenvalue weighted by Gasteiger charge is -2.37. The van der Waals surface area contributed by atoms with E-state index < -0.39 is 0 Å². The molecule has 0 bridgehead atoms. The van der Waals surface area contributed by atoms with Gasteiger partial charge in [-0.3, -0.25) is 9.78 Å². The number of fused-ring (bicyclic) bond motifs is 2. The van der Waals surface area contributed by atoms with E-state index in [1.165, 1.54) is 5.56 Å². The maximum atomic E-state index is 14.3. The number of carbonyl (C=O) groups is 1. The Bertz CT molecular complexity index is 889. The number of aryl methyl sites for hydroxylation is 1. The van der Waals surface area contributed by atoms with Gasteiger partial charge in [-0.25, -0.2) is 0 Å². The molecule has 5 rings (SSSR count). The van der Waals surface area contributed by atoms with Gasteiger partial charge in [0.05, 0.1) is 30.3 Å². The number of hydrogen-bond donors (Lipinski definition) is 0.